The van der Waals surface area contributed by atoms with Crippen molar-refractivity contribution in [1.82, 2.24) is 0 Å². The van der Waals surface area contributed by atoms with Gasteiger partial charge in [0.1, 0.15) is 6.07 Å². The van der Waals surface area contributed by atoms with Crippen molar-refractivity contribution in [2.45, 2.75) is 32.4 Å². The molecular formula is C28H27F3N4O. The first-order valence-corrected chi connectivity index (χ1v) is 11.2. The Labute approximate surface area is 208 Å². The zero-order valence-corrected chi connectivity index (χ0v) is 19.8. The average Bonchev–Trinajstić information content (AvgIpc) is 2.90. The number of amidine groups is 1. The molecule has 0 spiro atoms. The minimum atomic E-state index is -4.48. The number of nitrogens with two attached hydrogens (primary N) is 2. The lowest BCUT2D eigenvalue weighted by molar-refractivity contribution is -0.138. The van der Waals surface area contributed by atoms with Crippen LogP contribution in [0.4, 0.5) is 13.2 Å². The lowest BCUT2D eigenvalue weighted by atomic mass is 9.96. The molecule has 186 valence electrons. The number of aryl methyl sites for hydroxylation is 2. The summed E-state index contributed by atoms with van der Waals surface area (Å²) >= 11 is 0. The van der Waals surface area contributed by atoms with E-state index in [0.29, 0.717) is 18.7 Å². The van der Waals surface area contributed by atoms with Gasteiger partial charge in [0.05, 0.1) is 23.3 Å². The minimum Gasteiger partial charge on any atom is -0.397 e. The molecule has 0 aliphatic carbocycles. The third-order valence-electron chi connectivity index (χ3n) is 5.28. The van der Waals surface area contributed by atoms with Crippen LogP contribution in [0.5, 0.6) is 0 Å². The second kappa shape index (κ2) is 13.5. The highest BCUT2D eigenvalue weighted by atomic mass is 19.4. The molecule has 0 radical (unpaired) electrons. The molecule has 3 rings (SSSR count). The van der Waals surface area contributed by atoms with Gasteiger partial charge in [-0.2, -0.15) is 18.4 Å². The number of carbonyl (C=O) groups is 1. The SMILES string of the molecule is CCC(N)=N/C=C(\N)c1ccc(CCc2ccc(-c3ccccc3)cc2)c(C(F)(F)F)c1.N#CC=O. The minimum absolute atomic E-state index is 0.134. The lowest BCUT2D eigenvalue weighted by Gasteiger charge is -2.15. The first-order chi connectivity index (χ1) is 17.2. The van der Waals surface area contributed by atoms with E-state index in [9.17, 15) is 13.2 Å². The van der Waals surface area contributed by atoms with Gasteiger partial charge in [0.25, 0.3) is 0 Å². The Balaban J connectivity index is 0.00000106. The van der Waals surface area contributed by atoms with Crippen molar-refractivity contribution in [3.63, 3.8) is 0 Å². The van der Waals surface area contributed by atoms with E-state index in [0.717, 1.165) is 22.8 Å². The molecule has 0 saturated carbocycles. The fraction of sp³-hybridized carbons (Fsp3) is 0.179. The Morgan fingerprint density at radius 3 is 2.14 bits per heavy atom. The molecule has 0 saturated heterocycles. The molecule has 0 aliphatic heterocycles. The van der Waals surface area contributed by atoms with Crippen LogP contribution in [-0.4, -0.2) is 12.1 Å². The van der Waals surface area contributed by atoms with Crippen molar-refractivity contribution in [2.75, 3.05) is 0 Å². The summed E-state index contributed by atoms with van der Waals surface area (Å²) in [7, 11) is 0. The number of alkyl halides is 3. The molecule has 3 aromatic rings. The van der Waals surface area contributed by atoms with Crippen LogP contribution in [-0.2, 0) is 23.8 Å². The van der Waals surface area contributed by atoms with E-state index in [1.165, 1.54) is 18.3 Å². The largest absolute Gasteiger partial charge is 0.416 e. The monoisotopic (exact) mass is 492 g/mol. The summed E-state index contributed by atoms with van der Waals surface area (Å²) in [5.74, 6) is 0.360. The maximum Gasteiger partial charge on any atom is 0.416 e. The highest BCUT2D eigenvalue weighted by Gasteiger charge is 2.33. The van der Waals surface area contributed by atoms with Crippen LogP contribution in [0, 0.1) is 11.3 Å². The number of hydrogen-bond acceptors (Lipinski definition) is 4. The molecule has 3 aromatic carbocycles. The number of benzene rings is 3. The Morgan fingerprint density at radius 2 is 1.58 bits per heavy atom. The molecule has 36 heavy (non-hydrogen) atoms. The van der Waals surface area contributed by atoms with E-state index >= 15 is 0 Å². The normalized spacial score (nSPS) is 11.8. The Kier molecular flexibility index (Phi) is 10.4. The number of halogens is 3. The van der Waals surface area contributed by atoms with E-state index in [1.807, 2.05) is 61.5 Å². The molecule has 0 unspecified atom stereocenters. The van der Waals surface area contributed by atoms with Gasteiger partial charge < -0.3 is 11.5 Å². The van der Waals surface area contributed by atoms with Gasteiger partial charge in [0.15, 0.2) is 0 Å². The number of nitrogens with zero attached hydrogens (tertiary/aromatic N) is 2. The summed E-state index contributed by atoms with van der Waals surface area (Å²) in [5, 5.41) is 7.26. The lowest BCUT2D eigenvalue weighted by Crippen LogP contribution is -2.12. The van der Waals surface area contributed by atoms with Gasteiger partial charge in [-0.1, -0.05) is 73.7 Å². The molecule has 0 bridgehead atoms. The Hall–Kier alpha value is -4.38. The van der Waals surface area contributed by atoms with Crippen molar-refractivity contribution < 1.29 is 18.0 Å². The summed E-state index contributed by atoms with van der Waals surface area (Å²) in [6.45, 7) is 1.83. The summed E-state index contributed by atoms with van der Waals surface area (Å²) in [5.41, 5.74) is 14.7. The molecule has 8 heteroatoms. The molecule has 0 heterocycles. The highest BCUT2D eigenvalue weighted by Crippen LogP contribution is 2.34. The highest BCUT2D eigenvalue weighted by molar-refractivity contribution is 5.81. The fourth-order valence-electron chi connectivity index (χ4n) is 3.33. The first-order valence-electron chi connectivity index (χ1n) is 11.2. The molecule has 0 aromatic heterocycles. The molecule has 0 amide bonds. The summed E-state index contributed by atoms with van der Waals surface area (Å²) < 4.78 is 41.2. The standard InChI is InChI=1S/C26H26F3N3.C2HNO/c1-2-25(31)32-17-24(30)22-15-14-21(23(16-22)26(27,28)29)13-10-18-8-11-20(12-9-18)19-6-4-3-5-7-19;3-1-2-4/h3-9,11-12,14-17H,2,10,13,30H2,1H3,(H2,31,32);2H/b24-17-;. The van der Waals surface area contributed by atoms with Gasteiger partial charge >= 0.3 is 6.18 Å². The molecule has 0 atom stereocenters. The third kappa shape index (κ3) is 8.44. The van der Waals surface area contributed by atoms with E-state index in [-0.39, 0.29) is 29.5 Å². The number of rotatable bonds is 7. The smallest absolute Gasteiger partial charge is 0.397 e. The quantitative estimate of drug-likeness (QED) is 0.186. The molecular weight excluding hydrogens is 465 g/mol. The van der Waals surface area contributed by atoms with Gasteiger partial charge in [-0.3, -0.25) is 4.79 Å². The third-order valence-corrected chi connectivity index (χ3v) is 5.28. The van der Waals surface area contributed by atoms with Gasteiger partial charge in [-0.25, -0.2) is 4.99 Å². The van der Waals surface area contributed by atoms with Crippen molar-refractivity contribution in [2.24, 2.45) is 16.5 Å². The maximum absolute atomic E-state index is 13.7. The van der Waals surface area contributed by atoms with E-state index < -0.39 is 11.7 Å². The van der Waals surface area contributed by atoms with Gasteiger partial charge in [0, 0.05) is 6.42 Å². The van der Waals surface area contributed by atoms with Crippen molar-refractivity contribution in [3.8, 4) is 17.2 Å². The van der Waals surface area contributed by atoms with E-state index in [2.05, 4.69) is 4.99 Å². The number of aliphatic imine (C=N–C) groups is 1. The number of carbonyl (C=O) groups excluding carboxylic acids is 1. The summed E-state index contributed by atoms with van der Waals surface area (Å²) in [4.78, 5) is 12.8. The Morgan fingerprint density at radius 1 is 0.972 bits per heavy atom. The zero-order valence-electron chi connectivity index (χ0n) is 19.8. The van der Waals surface area contributed by atoms with Crippen LogP contribution >= 0.6 is 0 Å². The van der Waals surface area contributed by atoms with Crippen LogP contribution in [0.1, 0.15) is 35.6 Å². The molecule has 5 nitrogen and oxygen atoms in total. The summed E-state index contributed by atoms with van der Waals surface area (Å²) in [6, 6.07) is 23.3. The van der Waals surface area contributed by atoms with Crippen LogP contribution in [0.3, 0.4) is 0 Å². The first kappa shape index (κ1) is 27.9. The predicted molar refractivity (Wildman–Crippen MR) is 136 cm³/mol. The Bertz CT molecular complexity index is 1240. The second-order valence-electron chi connectivity index (χ2n) is 7.74. The van der Waals surface area contributed by atoms with Crippen molar-refractivity contribution >= 4 is 17.8 Å². The maximum atomic E-state index is 13.7. The summed E-state index contributed by atoms with van der Waals surface area (Å²) in [6.07, 6.45) is -1.70. The van der Waals surface area contributed by atoms with E-state index in [1.54, 1.807) is 6.07 Å². The predicted octanol–water partition coefficient (Wildman–Crippen LogP) is 5.89. The van der Waals surface area contributed by atoms with Crippen LogP contribution < -0.4 is 11.5 Å². The number of nitriles is 1. The fourth-order valence-corrected chi connectivity index (χ4v) is 3.33. The zero-order chi connectivity index (χ0) is 26.6. The van der Waals surface area contributed by atoms with Gasteiger partial charge in [-0.15, -0.1) is 0 Å². The van der Waals surface area contributed by atoms with E-state index in [4.69, 9.17) is 21.5 Å². The van der Waals surface area contributed by atoms with Crippen molar-refractivity contribution in [1.29, 1.82) is 5.26 Å². The van der Waals surface area contributed by atoms with Crippen molar-refractivity contribution in [3.05, 3.63) is 101 Å². The second-order valence-corrected chi connectivity index (χ2v) is 7.74. The van der Waals surface area contributed by atoms with Crippen LogP contribution in [0.25, 0.3) is 16.8 Å². The average molecular weight is 493 g/mol. The molecule has 0 aliphatic rings. The molecule has 4 N–H and O–H groups in total. The number of hydrogen-bond donors (Lipinski definition) is 2. The number of aldehydes is 1. The van der Waals surface area contributed by atoms with Crippen LogP contribution in [0.15, 0.2) is 84.0 Å². The molecule has 0 fully saturated rings. The van der Waals surface area contributed by atoms with Gasteiger partial charge in [0.2, 0.25) is 6.29 Å². The van der Waals surface area contributed by atoms with Crippen LogP contribution in [0.2, 0.25) is 0 Å². The topological polar surface area (TPSA) is 105 Å². The van der Waals surface area contributed by atoms with Gasteiger partial charge in [-0.05, 0) is 46.7 Å².